The maximum Gasteiger partial charge on any atom is 0.111 e. The fourth-order valence-electron chi connectivity index (χ4n) is 1.97. The molecule has 1 heterocycles. The average molecular weight is 237 g/mol. The van der Waals surface area contributed by atoms with Gasteiger partial charge >= 0.3 is 0 Å². The molecular weight excluding hydrogens is 210 g/mol. The number of imidazole rings is 1. The lowest BCUT2D eigenvalue weighted by molar-refractivity contribution is 0.509. The quantitative estimate of drug-likeness (QED) is 0.704. The van der Waals surface area contributed by atoms with Crippen LogP contribution in [0.2, 0.25) is 0 Å². The van der Waals surface area contributed by atoms with Crippen molar-refractivity contribution in [3.63, 3.8) is 0 Å². The largest absolute Gasteiger partial charge is 0.333 e. The number of nitrogens with zero attached hydrogens (tertiary/aromatic N) is 2. The zero-order valence-corrected chi connectivity index (χ0v) is 11.7. The zero-order chi connectivity index (χ0) is 12.7. The van der Waals surface area contributed by atoms with E-state index in [9.17, 15) is 0 Å². The third-order valence-corrected chi connectivity index (χ3v) is 2.93. The van der Waals surface area contributed by atoms with Gasteiger partial charge in [0.05, 0.1) is 0 Å². The molecule has 0 aliphatic carbocycles. The fourth-order valence-corrected chi connectivity index (χ4v) is 1.97. The van der Waals surface area contributed by atoms with Crippen LogP contribution >= 0.6 is 0 Å². The summed E-state index contributed by atoms with van der Waals surface area (Å²) in [6.45, 7) is 12.1. The van der Waals surface area contributed by atoms with Crippen LogP contribution in [0.1, 0.15) is 52.3 Å². The van der Waals surface area contributed by atoms with Crippen LogP contribution < -0.4 is 5.32 Å². The molecule has 0 bridgehead atoms. The average Bonchev–Trinajstić information content (AvgIpc) is 2.71. The summed E-state index contributed by atoms with van der Waals surface area (Å²) in [7, 11) is 0. The molecule has 0 fully saturated rings. The fraction of sp³-hybridized carbons (Fsp3) is 0.786. The SMILES string of the molecule is CC(C)CCCNCCn1ccnc1C(C)C. The molecule has 0 radical (unpaired) electrons. The van der Waals surface area contributed by atoms with Crippen molar-refractivity contribution < 1.29 is 0 Å². The first-order chi connectivity index (χ1) is 8.11. The summed E-state index contributed by atoms with van der Waals surface area (Å²) in [5.41, 5.74) is 0. The number of rotatable bonds is 8. The lowest BCUT2D eigenvalue weighted by Crippen LogP contribution is -2.22. The van der Waals surface area contributed by atoms with E-state index in [1.807, 2.05) is 6.20 Å². The van der Waals surface area contributed by atoms with Gasteiger partial charge in [0.2, 0.25) is 0 Å². The van der Waals surface area contributed by atoms with Gasteiger partial charge in [-0.1, -0.05) is 27.7 Å². The van der Waals surface area contributed by atoms with Crippen LogP contribution in [0.5, 0.6) is 0 Å². The molecule has 1 N–H and O–H groups in total. The molecule has 1 aromatic heterocycles. The van der Waals surface area contributed by atoms with Gasteiger partial charge in [-0.15, -0.1) is 0 Å². The predicted octanol–water partition coefficient (Wildman–Crippen LogP) is 3.03. The van der Waals surface area contributed by atoms with Crippen molar-refractivity contribution in [2.24, 2.45) is 5.92 Å². The van der Waals surface area contributed by atoms with E-state index in [1.54, 1.807) is 0 Å². The van der Waals surface area contributed by atoms with Crippen LogP contribution in [0.3, 0.4) is 0 Å². The summed E-state index contributed by atoms with van der Waals surface area (Å²) >= 11 is 0. The molecule has 3 heteroatoms. The Morgan fingerprint density at radius 3 is 2.65 bits per heavy atom. The first kappa shape index (κ1) is 14.2. The minimum atomic E-state index is 0.506. The molecule has 0 unspecified atom stereocenters. The number of nitrogens with one attached hydrogen (secondary N) is 1. The summed E-state index contributed by atoms with van der Waals surface area (Å²) in [6, 6.07) is 0. The van der Waals surface area contributed by atoms with Gasteiger partial charge in [-0.2, -0.15) is 0 Å². The first-order valence-electron chi connectivity index (χ1n) is 6.83. The maximum absolute atomic E-state index is 4.39. The highest BCUT2D eigenvalue weighted by Crippen LogP contribution is 2.10. The summed E-state index contributed by atoms with van der Waals surface area (Å²) in [5.74, 6) is 2.51. The van der Waals surface area contributed by atoms with Gasteiger partial charge in [-0.3, -0.25) is 0 Å². The van der Waals surface area contributed by atoms with E-state index in [-0.39, 0.29) is 0 Å². The van der Waals surface area contributed by atoms with E-state index in [4.69, 9.17) is 0 Å². The molecule has 1 aromatic rings. The molecule has 0 saturated carbocycles. The molecule has 1 rings (SSSR count). The topological polar surface area (TPSA) is 29.9 Å². The van der Waals surface area contributed by atoms with Crippen molar-refractivity contribution in [1.82, 2.24) is 14.9 Å². The zero-order valence-electron chi connectivity index (χ0n) is 11.7. The summed E-state index contributed by atoms with van der Waals surface area (Å²) in [4.78, 5) is 4.39. The third-order valence-electron chi connectivity index (χ3n) is 2.93. The highest BCUT2D eigenvalue weighted by molar-refractivity contribution is 4.97. The Morgan fingerprint density at radius 2 is 2.00 bits per heavy atom. The predicted molar refractivity (Wildman–Crippen MR) is 73.3 cm³/mol. The van der Waals surface area contributed by atoms with Gasteiger partial charge in [0.25, 0.3) is 0 Å². The molecule has 0 spiro atoms. The van der Waals surface area contributed by atoms with Crippen LogP contribution in [-0.4, -0.2) is 22.6 Å². The second-order valence-corrected chi connectivity index (χ2v) is 5.42. The number of aromatic nitrogens is 2. The van der Waals surface area contributed by atoms with Gasteiger partial charge in [0.15, 0.2) is 0 Å². The van der Waals surface area contributed by atoms with Crippen LogP contribution in [-0.2, 0) is 6.54 Å². The van der Waals surface area contributed by atoms with Crippen molar-refractivity contribution in [1.29, 1.82) is 0 Å². The smallest absolute Gasteiger partial charge is 0.111 e. The van der Waals surface area contributed by atoms with Gasteiger partial charge < -0.3 is 9.88 Å². The van der Waals surface area contributed by atoms with Crippen LogP contribution in [0.25, 0.3) is 0 Å². The van der Waals surface area contributed by atoms with E-state index < -0.39 is 0 Å². The second-order valence-electron chi connectivity index (χ2n) is 5.42. The van der Waals surface area contributed by atoms with E-state index >= 15 is 0 Å². The number of hydrogen-bond donors (Lipinski definition) is 1. The molecule has 3 nitrogen and oxygen atoms in total. The highest BCUT2D eigenvalue weighted by Gasteiger charge is 2.05. The molecule has 0 aliphatic rings. The Hall–Kier alpha value is -0.830. The Morgan fingerprint density at radius 1 is 1.24 bits per heavy atom. The van der Waals surface area contributed by atoms with Gasteiger partial charge in [-0.05, 0) is 25.3 Å². The molecule has 0 aromatic carbocycles. The van der Waals surface area contributed by atoms with Crippen molar-refractivity contribution in [3.8, 4) is 0 Å². The van der Waals surface area contributed by atoms with Crippen molar-refractivity contribution in [2.75, 3.05) is 13.1 Å². The molecule has 0 amide bonds. The minimum Gasteiger partial charge on any atom is -0.333 e. The van der Waals surface area contributed by atoms with Crippen molar-refractivity contribution in [2.45, 2.75) is 53.0 Å². The minimum absolute atomic E-state index is 0.506. The Kier molecular flexibility index (Phi) is 6.27. The van der Waals surface area contributed by atoms with Crippen LogP contribution in [0.4, 0.5) is 0 Å². The van der Waals surface area contributed by atoms with Crippen molar-refractivity contribution >= 4 is 0 Å². The van der Waals surface area contributed by atoms with Gasteiger partial charge in [-0.25, -0.2) is 4.98 Å². The van der Waals surface area contributed by atoms with Gasteiger partial charge in [0, 0.05) is 31.4 Å². The summed E-state index contributed by atoms with van der Waals surface area (Å²) < 4.78 is 2.25. The Balaban J connectivity index is 2.16. The van der Waals surface area contributed by atoms with Crippen LogP contribution in [0.15, 0.2) is 12.4 Å². The molecular formula is C14H27N3. The molecule has 17 heavy (non-hydrogen) atoms. The molecule has 98 valence electrons. The third kappa shape index (κ3) is 5.35. The van der Waals surface area contributed by atoms with E-state index in [0.29, 0.717) is 5.92 Å². The highest BCUT2D eigenvalue weighted by atomic mass is 15.1. The monoisotopic (exact) mass is 237 g/mol. The molecule has 0 aliphatic heterocycles. The second kappa shape index (κ2) is 7.49. The first-order valence-corrected chi connectivity index (χ1v) is 6.83. The van der Waals surface area contributed by atoms with Crippen LogP contribution in [0, 0.1) is 5.92 Å². The lowest BCUT2D eigenvalue weighted by atomic mass is 10.1. The normalized spacial score (nSPS) is 11.6. The van der Waals surface area contributed by atoms with E-state index in [2.05, 4.69) is 48.8 Å². The van der Waals surface area contributed by atoms with E-state index in [0.717, 1.165) is 25.6 Å². The summed E-state index contributed by atoms with van der Waals surface area (Å²) in [6.07, 6.45) is 6.56. The lowest BCUT2D eigenvalue weighted by Gasteiger charge is -2.11. The standard InChI is InChI=1S/C14H27N3/c1-12(2)6-5-7-15-8-10-17-11-9-16-14(17)13(3)4/h9,11-13,15H,5-8,10H2,1-4H3. The Bertz CT molecular complexity index is 302. The summed E-state index contributed by atoms with van der Waals surface area (Å²) in [5, 5.41) is 3.50. The molecule has 0 atom stereocenters. The maximum atomic E-state index is 4.39. The van der Waals surface area contributed by atoms with E-state index in [1.165, 1.54) is 18.7 Å². The number of hydrogen-bond acceptors (Lipinski definition) is 2. The van der Waals surface area contributed by atoms with Gasteiger partial charge in [0.1, 0.15) is 5.82 Å². The molecule has 0 saturated heterocycles. The Labute approximate surface area is 106 Å². The van der Waals surface area contributed by atoms with Crippen molar-refractivity contribution in [3.05, 3.63) is 18.2 Å².